The minimum Gasteiger partial charge on any atom is -0.398 e. The Labute approximate surface area is 105 Å². The van der Waals surface area contributed by atoms with Gasteiger partial charge in [-0.3, -0.25) is 0 Å². The van der Waals surface area contributed by atoms with Crippen LogP contribution in [0.4, 0.5) is 18.9 Å². The molecule has 0 saturated heterocycles. The Balaban J connectivity index is 2.69. The number of nitrogens with zero attached hydrogens (tertiary/aromatic N) is 2. The predicted octanol–water partition coefficient (Wildman–Crippen LogP) is 3.40. The van der Waals surface area contributed by atoms with Crippen LogP contribution in [0, 0.1) is 0 Å². The highest BCUT2D eigenvalue weighted by Crippen LogP contribution is 2.40. The summed E-state index contributed by atoms with van der Waals surface area (Å²) in [5.74, 6) is 0. The fraction of sp³-hybridized carbons (Fsp3) is 0.0909. The number of hydrogen-bond donors (Lipinski definition) is 1. The van der Waals surface area contributed by atoms with Gasteiger partial charge in [0.1, 0.15) is 0 Å². The Hall–Kier alpha value is -1.82. The van der Waals surface area contributed by atoms with Crippen molar-refractivity contribution in [2.45, 2.75) is 6.18 Å². The molecule has 2 rings (SSSR count). The Morgan fingerprint density at radius 2 is 1.89 bits per heavy atom. The second-order valence-corrected chi connectivity index (χ2v) is 3.82. The lowest BCUT2D eigenvalue weighted by molar-refractivity contribution is -0.136. The maximum atomic E-state index is 12.9. The molecule has 1 aromatic carbocycles. The summed E-state index contributed by atoms with van der Waals surface area (Å²) < 4.78 is 38.8. The van der Waals surface area contributed by atoms with Crippen LogP contribution < -0.4 is 5.73 Å². The molecule has 0 aliphatic heterocycles. The van der Waals surface area contributed by atoms with Gasteiger partial charge in [0.15, 0.2) is 0 Å². The summed E-state index contributed by atoms with van der Waals surface area (Å²) in [6, 6.07) is 5.25. The quantitative estimate of drug-likeness (QED) is 0.640. The lowest BCUT2D eigenvalue weighted by Gasteiger charge is -2.14. The van der Waals surface area contributed by atoms with Crippen LogP contribution in [0.1, 0.15) is 5.56 Å². The molecule has 1 heterocycles. The van der Waals surface area contributed by atoms with E-state index in [9.17, 15) is 13.2 Å². The first-order valence-corrected chi connectivity index (χ1v) is 5.22. The van der Waals surface area contributed by atoms with Crippen LogP contribution in [0.3, 0.4) is 0 Å². The second kappa shape index (κ2) is 4.45. The van der Waals surface area contributed by atoms with Crippen molar-refractivity contribution in [2.75, 3.05) is 5.73 Å². The molecule has 0 amide bonds. The zero-order valence-electron chi connectivity index (χ0n) is 8.87. The van der Waals surface area contributed by atoms with E-state index in [1.165, 1.54) is 30.5 Å². The maximum absolute atomic E-state index is 12.9. The summed E-state index contributed by atoms with van der Waals surface area (Å²) in [6.07, 6.45) is -3.27. The number of nitrogens with two attached hydrogens (primary N) is 1. The molecule has 0 atom stereocenters. The third-order valence-electron chi connectivity index (χ3n) is 2.28. The van der Waals surface area contributed by atoms with Gasteiger partial charge < -0.3 is 5.73 Å². The number of anilines is 1. The number of halogens is 4. The molecule has 2 aromatic rings. The van der Waals surface area contributed by atoms with Crippen LogP contribution in [0.15, 0.2) is 30.5 Å². The van der Waals surface area contributed by atoms with Gasteiger partial charge in [-0.2, -0.15) is 13.2 Å². The highest BCUT2D eigenvalue weighted by molar-refractivity contribution is 6.28. The van der Waals surface area contributed by atoms with Crippen molar-refractivity contribution < 1.29 is 13.2 Å². The van der Waals surface area contributed by atoms with Crippen molar-refractivity contribution in [3.8, 4) is 11.3 Å². The minimum atomic E-state index is -4.56. The van der Waals surface area contributed by atoms with Crippen LogP contribution in [0.2, 0.25) is 5.28 Å². The highest BCUT2D eigenvalue weighted by Gasteiger charge is 2.36. The van der Waals surface area contributed by atoms with Gasteiger partial charge in [0.25, 0.3) is 0 Å². The Kier molecular flexibility index (Phi) is 3.13. The molecule has 0 radical (unpaired) electrons. The SMILES string of the molecule is Nc1cccc(-c2ccnc(Cl)n2)c1C(F)(F)F. The van der Waals surface area contributed by atoms with Crippen LogP contribution in [-0.2, 0) is 6.18 Å². The number of benzene rings is 1. The van der Waals surface area contributed by atoms with E-state index >= 15 is 0 Å². The minimum absolute atomic E-state index is 0.0784. The number of alkyl halides is 3. The van der Waals surface area contributed by atoms with Gasteiger partial charge in [0.2, 0.25) is 5.28 Å². The summed E-state index contributed by atoms with van der Waals surface area (Å²) in [6.45, 7) is 0. The van der Waals surface area contributed by atoms with Crippen LogP contribution in [0.25, 0.3) is 11.3 Å². The number of hydrogen-bond acceptors (Lipinski definition) is 3. The molecule has 0 fully saturated rings. The van der Waals surface area contributed by atoms with Gasteiger partial charge >= 0.3 is 6.18 Å². The van der Waals surface area contributed by atoms with E-state index in [1.54, 1.807) is 0 Å². The Morgan fingerprint density at radius 1 is 1.17 bits per heavy atom. The first-order chi connectivity index (χ1) is 8.39. The number of aromatic nitrogens is 2. The standard InChI is InChI=1S/C11H7ClF3N3/c12-10-17-5-4-8(18-10)6-2-1-3-7(16)9(6)11(13,14)15/h1-5H,16H2. The van der Waals surface area contributed by atoms with E-state index in [-0.39, 0.29) is 22.2 Å². The molecule has 0 aliphatic rings. The zero-order valence-corrected chi connectivity index (χ0v) is 9.63. The van der Waals surface area contributed by atoms with Crippen molar-refractivity contribution in [3.63, 3.8) is 0 Å². The molecule has 3 nitrogen and oxygen atoms in total. The van der Waals surface area contributed by atoms with E-state index in [1.807, 2.05) is 0 Å². The van der Waals surface area contributed by atoms with Crippen molar-refractivity contribution in [1.82, 2.24) is 9.97 Å². The molecule has 0 aliphatic carbocycles. The van der Waals surface area contributed by atoms with Gasteiger partial charge in [0.05, 0.1) is 11.3 Å². The van der Waals surface area contributed by atoms with E-state index in [0.717, 1.165) is 0 Å². The first-order valence-electron chi connectivity index (χ1n) is 4.84. The molecule has 2 N–H and O–H groups in total. The van der Waals surface area contributed by atoms with Crippen LogP contribution >= 0.6 is 11.6 Å². The fourth-order valence-corrected chi connectivity index (χ4v) is 1.73. The van der Waals surface area contributed by atoms with Gasteiger partial charge in [-0.05, 0) is 23.7 Å². The molecular weight excluding hydrogens is 267 g/mol. The van der Waals surface area contributed by atoms with Crippen molar-refractivity contribution in [1.29, 1.82) is 0 Å². The summed E-state index contributed by atoms with van der Waals surface area (Å²) in [5.41, 5.74) is 4.08. The summed E-state index contributed by atoms with van der Waals surface area (Å²) in [7, 11) is 0. The van der Waals surface area contributed by atoms with Crippen LogP contribution in [0.5, 0.6) is 0 Å². The molecular formula is C11H7ClF3N3. The molecule has 7 heteroatoms. The molecule has 1 aromatic heterocycles. The Morgan fingerprint density at radius 3 is 2.50 bits per heavy atom. The first kappa shape index (κ1) is 12.6. The zero-order chi connectivity index (χ0) is 13.3. The van der Waals surface area contributed by atoms with Crippen molar-refractivity contribution >= 4 is 17.3 Å². The van der Waals surface area contributed by atoms with Gasteiger partial charge in [-0.15, -0.1) is 0 Å². The normalized spacial score (nSPS) is 11.6. The second-order valence-electron chi connectivity index (χ2n) is 3.48. The highest BCUT2D eigenvalue weighted by atomic mass is 35.5. The van der Waals surface area contributed by atoms with E-state index in [0.29, 0.717) is 0 Å². The smallest absolute Gasteiger partial charge is 0.398 e. The van der Waals surface area contributed by atoms with E-state index in [2.05, 4.69) is 9.97 Å². The largest absolute Gasteiger partial charge is 0.419 e. The molecule has 0 unspecified atom stereocenters. The summed E-state index contributed by atoms with van der Waals surface area (Å²) in [4.78, 5) is 7.38. The van der Waals surface area contributed by atoms with E-state index in [4.69, 9.17) is 17.3 Å². The fourth-order valence-electron chi connectivity index (χ4n) is 1.58. The predicted molar refractivity (Wildman–Crippen MR) is 61.9 cm³/mol. The lowest BCUT2D eigenvalue weighted by atomic mass is 10.0. The van der Waals surface area contributed by atoms with Crippen LogP contribution in [-0.4, -0.2) is 9.97 Å². The average molecular weight is 274 g/mol. The average Bonchev–Trinajstić information content (AvgIpc) is 2.27. The summed E-state index contributed by atoms with van der Waals surface area (Å²) in [5, 5.41) is -0.122. The van der Waals surface area contributed by atoms with Crippen molar-refractivity contribution in [2.24, 2.45) is 0 Å². The topological polar surface area (TPSA) is 51.8 Å². The third kappa shape index (κ3) is 2.38. The van der Waals surface area contributed by atoms with E-state index < -0.39 is 11.7 Å². The van der Waals surface area contributed by atoms with Gasteiger partial charge in [-0.1, -0.05) is 12.1 Å². The third-order valence-corrected chi connectivity index (χ3v) is 2.46. The number of rotatable bonds is 1. The molecule has 0 saturated carbocycles. The van der Waals surface area contributed by atoms with Gasteiger partial charge in [0, 0.05) is 17.4 Å². The lowest BCUT2D eigenvalue weighted by Crippen LogP contribution is -2.11. The Bertz CT molecular complexity index is 584. The molecule has 0 spiro atoms. The van der Waals surface area contributed by atoms with Crippen molar-refractivity contribution in [3.05, 3.63) is 41.3 Å². The summed E-state index contributed by atoms with van der Waals surface area (Å²) >= 11 is 5.57. The number of nitrogen functional groups attached to an aromatic ring is 1. The monoisotopic (exact) mass is 273 g/mol. The molecule has 18 heavy (non-hydrogen) atoms. The van der Waals surface area contributed by atoms with Gasteiger partial charge in [-0.25, -0.2) is 9.97 Å². The maximum Gasteiger partial charge on any atom is 0.419 e. The molecule has 94 valence electrons. The molecule has 0 bridgehead atoms.